The molecule has 29 heavy (non-hydrogen) atoms. The Kier molecular flexibility index (Phi) is 5.56. The van der Waals surface area contributed by atoms with Crippen molar-refractivity contribution in [1.82, 2.24) is 20.0 Å². The number of carbonyl (C=O) groups is 2. The van der Waals surface area contributed by atoms with Crippen LogP contribution in [0.15, 0.2) is 54.6 Å². The van der Waals surface area contributed by atoms with Crippen molar-refractivity contribution >= 4 is 35.0 Å². The predicted octanol–water partition coefficient (Wildman–Crippen LogP) is 3.78. The van der Waals surface area contributed by atoms with E-state index in [2.05, 4.69) is 10.4 Å². The minimum absolute atomic E-state index is 0.170. The molecule has 0 aliphatic carbocycles. The first-order valence-corrected chi connectivity index (χ1v) is 9.90. The Morgan fingerprint density at radius 3 is 2.55 bits per heavy atom. The minimum Gasteiger partial charge on any atom is -0.347 e. The maximum Gasteiger partial charge on any atom is 0.272 e. The number of nitrogens with one attached hydrogen (secondary N) is 1. The zero-order valence-electron chi connectivity index (χ0n) is 15.4. The van der Waals surface area contributed by atoms with Gasteiger partial charge in [-0.15, -0.1) is 0 Å². The second-order valence-corrected chi connectivity index (χ2v) is 7.60. The van der Waals surface area contributed by atoms with E-state index in [0.717, 1.165) is 11.1 Å². The van der Waals surface area contributed by atoms with Crippen LogP contribution < -0.4 is 5.32 Å². The van der Waals surface area contributed by atoms with Gasteiger partial charge >= 0.3 is 0 Å². The largest absolute Gasteiger partial charge is 0.347 e. The van der Waals surface area contributed by atoms with E-state index in [1.54, 1.807) is 27.8 Å². The van der Waals surface area contributed by atoms with E-state index in [1.807, 2.05) is 36.4 Å². The second kappa shape index (κ2) is 8.27. The molecule has 0 saturated heterocycles. The van der Waals surface area contributed by atoms with E-state index in [9.17, 15) is 9.59 Å². The van der Waals surface area contributed by atoms with E-state index in [1.165, 1.54) is 0 Å². The summed E-state index contributed by atoms with van der Waals surface area (Å²) in [7, 11) is 0. The standard InChI is InChI=1S/C21H18Cl2N4O2/c22-16-7-6-15(10-17(16)23)13-26-8-9-27-19(21(26)29)11-18(25-27)20(28)24-12-14-4-2-1-3-5-14/h1-7,10-11H,8-9,12-13H2,(H,24,28). The number of carbonyl (C=O) groups excluding carboxylic acids is 2. The van der Waals surface area contributed by atoms with E-state index in [4.69, 9.17) is 23.2 Å². The number of hydrogen-bond acceptors (Lipinski definition) is 3. The Labute approximate surface area is 178 Å². The van der Waals surface area contributed by atoms with Gasteiger partial charge in [-0.3, -0.25) is 14.3 Å². The number of hydrogen-bond donors (Lipinski definition) is 1. The van der Waals surface area contributed by atoms with Gasteiger partial charge in [0.25, 0.3) is 11.8 Å². The Hall–Kier alpha value is -2.83. The lowest BCUT2D eigenvalue weighted by Gasteiger charge is -2.27. The van der Waals surface area contributed by atoms with E-state index in [-0.39, 0.29) is 17.5 Å². The summed E-state index contributed by atoms with van der Waals surface area (Å²) >= 11 is 12.0. The zero-order chi connectivity index (χ0) is 20.4. The predicted molar refractivity (Wildman–Crippen MR) is 111 cm³/mol. The SMILES string of the molecule is O=C(NCc1ccccc1)c1cc2n(n1)CCN(Cc1ccc(Cl)c(Cl)c1)C2=O. The fourth-order valence-corrected chi connectivity index (χ4v) is 3.55. The van der Waals surface area contributed by atoms with Crippen molar-refractivity contribution in [3.63, 3.8) is 0 Å². The van der Waals surface area contributed by atoms with Crippen LogP contribution in [0.5, 0.6) is 0 Å². The van der Waals surface area contributed by atoms with Crippen molar-refractivity contribution in [2.75, 3.05) is 6.54 Å². The van der Waals surface area contributed by atoms with Crippen LogP contribution in [0.1, 0.15) is 32.1 Å². The number of halogens is 2. The highest BCUT2D eigenvalue weighted by molar-refractivity contribution is 6.42. The van der Waals surface area contributed by atoms with Gasteiger partial charge in [0, 0.05) is 25.7 Å². The lowest BCUT2D eigenvalue weighted by atomic mass is 10.2. The quantitative estimate of drug-likeness (QED) is 0.672. The van der Waals surface area contributed by atoms with Gasteiger partial charge in [-0.25, -0.2) is 0 Å². The molecular formula is C21H18Cl2N4O2. The first-order valence-electron chi connectivity index (χ1n) is 9.14. The monoisotopic (exact) mass is 428 g/mol. The van der Waals surface area contributed by atoms with Crippen LogP contribution in [0.4, 0.5) is 0 Å². The molecule has 0 atom stereocenters. The average molecular weight is 429 g/mol. The smallest absolute Gasteiger partial charge is 0.272 e. The molecule has 0 fully saturated rings. The average Bonchev–Trinajstić information content (AvgIpc) is 3.17. The molecule has 0 saturated carbocycles. The molecule has 0 bridgehead atoms. The van der Waals surface area contributed by atoms with Gasteiger partial charge in [0.2, 0.25) is 0 Å². The fraction of sp³-hybridized carbons (Fsp3) is 0.190. The van der Waals surface area contributed by atoms with Crippen LogP contribution in [0, 0.1) is 0 Å². The highest BCUT2D eigenvalue weighted by Gasteiger charge is 2.28. The fourth-order valence-electron chi connectivity index (χ4n) is 3.23. The molecule has 1 aliphatic heterocycles. The van der Waals surface area contributed by atoms with Gasteiger partial charge < -0.3 is 10.2 Å². The lowest BCUT2D eigenvalue weighted by Crippen LogP contribution is -2.39. The van der Waals surface area contributed by atoms with Crippen LogP contribution in [-0.2, 0) is 19.6 Å². The molecule has 2 heterocycles. The molecular weight excluding hydrogens is 411 g/mol. The Balaban J connectivity index is 1.45. The van der Waals surface area contributed by atoms with E-state index >= 15 is 0 Å². The van der Waals surface area contributed by atoms with Gasteiger partial charge in [-0.05, 0) is 23.3 Å². The van der Waals surface area contributed by atoms with Crippen LogP contribution in [-0.4, -0.2) is 33.0 Å². The summed E-state index contributed by atoms with van der Waals surface area (Å²) in [5, 5.41) is 8.07. The number of benzene rings is 2. The van der Waals surface area contributed by atoms with Crippen molar-refractivity contribution in [1.29, 1.82) is 0 Å². The summed E-state index contributed by atoms with van der Waals surface area (Å²) < 4.78 is 1.59. The third-order valence-corrected chi connectivity index (χ3v) is 5.49. The molecule has 148 valence electrons. The number of amides is 2. The van der Waals surface area contributed by atoms with Crippen molar-refractivity contribution in [3.05, 3.63) is 87.2 Å². The molecule has 3 aromatic rings. The summed E-state index contributed by atoms with van der Waals surface area (Å²) in [5.41, 5.74) is 2.53. The molecule has 1 aromatic heterocycles. The lowest BCUT2D eigenvalue weighted by molar-refractivity contribution is 0.0683. The minimum atomic E-state index is -0.306. The highest BCUT2D eigenvalue weighted by atomic mass is 35.5. The Morgan fingerprint density at radius 2 is 1.79 bits per heavy atom. The maximum absolute atomic E-state index is 12.9. The van der Waals surface area contributed by atoms with Gasteiger partial charge in [-0.1, -0.05) is 59.6 Å². The third-order valence-electron chi connectivity index (χ3n) is 4.75. The molecule has 6 nitrogen and oxygen atoms in total. The molecule has 4 rings (SSSR count). The summed E-state index contributed by atoms with van der Waals surface area (Å²) in [6.45, 7) is 1.84. The van der Waals surface area contributed by atoms with Crippen molar-refractivity contribution in [2.24, 2.45) is 0 Å². The van der Waals surface area contributed by atoms with Gasteiger partial charge in [0.05, 0.1) is 16.6 Å². The first kappa shape index (κ1) is 19.5. The highest BCUT2D eigenvalue weighted by Crippen LogP contribution is 2.24. The third kappa shape index (κ3) is 4.28. The number of aromatic nitrogens is 2. The number of rotatable bonds is 5. The molecule has 2 amide bonds. The van der Waals surface area contributed by atoms with Crippen molar-refractivity contribution in [3.8, 4) is 0 Å². The molecule has 1 N–H and O–H groups in total. The summed E-state index contributed by atoms with van der Waals surface area (Å²) in [6, 6.07) is 16.5. The number of nitrogens with zero attached hydrogens (tertiary/aromatic N) is 3. The van der Waals surface area contributed by atoms with Crippen molar-refractivity contribution in [2.45, 2.75) is 19.6 Å². The Morgan fingerprint density at radius 1 is 1.00 bits per heavy atom. The van der Waals surface area contributed by atoms with Crippen LogP contribution in [0.25, 0.3) is 0 Å². The molecule has 1 aliphatic rings. The zero-order valence-corrected chi connectivity index (χ0v) is 17.0. The second-order valence-electron chi connectivity index (χ2n) is 6.78. The molecule has 8 heteroatoms. The summed E-state index contributed by atoms with van der Waals surface area (Å²) in [4.78, 5) is 27.0. The number of fused-ring (bicyclic) bond motifs is 1. The topological polar surface area (TPSA) is 67.2 Å². The first-order chi connectivity index (χ1) is 14.0. The van der Waals surface area contributed by atoms with Crippen LogP contribution in [0.2, 0.25) is 10.0 Å². The molecule has 2 aromatic carbocycles. The van der Waals surface area contributed by atoms with Crippen molar-refractivity contribution < 1.29 is 9.59 Å². The van der Waals surface area contributed by atoms with Gasteiger partial charge in [0.1, 0.15) is 5.69 Å². The summed E-state index contributed by atoms with van der Waals surface area (Å²) in [6.07, 6.45) is 0. The molecule has 0 unspecified atom stereocenters. The molecule has 0 spiro atoms. The van der Waals surface area contributed by atoms with Gasteiger partial charge in [-0.2, -0.15) is 5.10 Å². The molecule has 0 radical (unpaired) electrons. The van der Waals surface area contributed by atoms with E-state index < -0.39 is 0 Å². The van der Waals surface area contributed by atoms with Gasteiger partial charge in [0.15, 0.2) is 5.69 Å². The normalized spacial score (nSPS) is 13.3. The van der Waals surface area contributed by atoms with Crippen LogP contribution in [0.3, 0.4) is 0 Å². The maximum atomic E-state index is 12.9. The van der Waals surface area contributed by atoms with Crippen LogP contribution >= 0.6 is 23.2 Å². The Bertz CT molecular complexity index is 1070. The summed E-state index contributed by atoms with van der Waals surface area (Å²) in [5.74, 6) is -0.475. The van der Waals surface area contributed by atoms with E-state index in [0.29, 0.717) is 41.9 Å².